The highest BCUT2D eigenvalue weighted by Crippen LogP contribution is 2.66. The van der Waals surface area contributed by atoms with E-state index in [-0.39, 0.29) is 28.1 Å². The zero-order valence-electron chi connectivity index (χ0n) is 21.5. The van der Waals surface area contributed by atoms with Gasteiger partial charge in [0.15, 0.2) is 0 Å². The molecule has 3 unspecified atom stereocenters. The number of carbonyl (C=O) groups excluding carboxylic acids is 1. The smallest absolute Gasteiger partial charge is 0.383 e. The zero-order chi connectivity index (χ0) is 31.3. The van der Waals surface area contributed by atoms with Crippen LogP contribution >= 0.6 is 67.6 Å². The van der Waals surface area contributed by atoms with Gasteiger partial charge >= 0.3 is 23.5 Å². The maximum absolute atomic E-state index is 12.3. The number of phosphoric acid groups is 3. The average Bonchev–Trinajstić information content (AvgIpc) is 3.40. The minimum atomic E-state index is -5.70. The number of hydrogen-bond donors (Lipinski definition) is 6. The molecule has 0 bridgehead atoms. The summed E-state index contributed by atoms with van der Waals surface area (Å²) >= 11 is 1.58. The highest BCUT2D eigenvalue weighted by atomic mass is 127. The van der Waals surface area contributed by atoms with Crippen molar-refractivity contribution in [3.8, 4) is 11.8 Å². The van der Waals surface area contributed by atoms with E-state index < -0.39 is 48.5 Å². The first-order chi connectivity index (χ1) is 19.5. The fraction of sp³-hybridized carbons (Fsp3) is 0.500. The maximum Gasteiger partial charge on any atom is 0.490 e. The molecule has 234 valence electrons. The molecular formula is C18H25IN5O13P3S2. The second-order valence-corrected chi connectivity index (χ2v) is 16.3. The van der Waals surface area contributed by atoms with Crippen molar-refractivity contribution in [3.05, 3.63) is 18.1 Å². The van der Waals surface area contributed by atoms with Crippen molar-refractivity contribution in [2.75, 3.05) is 25.1 Å². The Bertz CT molecular complexity index is 1500. The number of nitrogen functional groups attached to an aromatic ring is 1. The third kappa shape index (κ3) is 10.7. The molecule has 24 heteroatoms. The molecule has 0 spiro atoms. The number of nitrogens with two attached hydrogens (primary N) is 1. The lowest BCUT2D eigenvalue weighted by molar-refractivity contribution is -0.0616. The molecule has 2 aromatic heterocycles. The molecule has 2 aromatic rings. The molecule has 0 aromatic carbocycles. The normalized spacial score (nSPS) is 22.6. The van der Waals surface area contributed by atoms with E-state index in [4.69, 9.17) is 29.5 Å². The third-order valence-electron chi connectivity index (χ3n) is 5.08. The molecular weight excluding hydrogens is 778 g/mol. The molecule has 18 nitrogen and oxygen atoms in total. The number of ether oxygens (including phenoxy) is 2. The first-order valence-corrected chi connectivity index (χ1v) is 19.5. The van der Waals surface area contributed by atoms with Crippen LogP contribution in [-0.2, 0) is 36.3 Å². The number of hydrogen-bond acceptors (Lipinski definition) is 14. The predicted octanol–water partition coefficient (Wildman–Crippen LogP) is 2.88. The lowest BCUT2D eigenvalue weighted by atomic mass is 10.2. The molecule has 1 aliphatic rings. The Kier molecular flexibility index (Phi) is 12.7. The highest BCUT2D eigenvalue weighted by molar-refractivity contribution is 14.1. The molecule has 3 heterocycles. The first-order valence-electron chi connectivity index (χ1n) is 11.3. The van der Waals surface area contributed by atoms with E-state index in [0.717, 1.165) is 0 Å². The number of fused-ring (bicyclic) bond motifs is 1. The van der Waals surface area contributed by atoms with Crippen molar-refractivity contribution < 1.29 is 60.7 Å². The van der Waals surface area contributed by atoms with E-state index in [1.807, 2.05) is 6.26 Å². The monoisotopic (exact) mass is 803 g/mol. The molecule has 3 rings (SSSR count). The number of nitrogens with zero attached hydrogens (tertiary/aromatic N) is 3. The van der Waals surface area contributed by atoms with E-state index in [1.54, 1.807) is 40.3 Å². The lowest BCUT2D eigenvalue weighted by Crippen LogP contribution is -2.30. The van der Waals surface area contributed by atoms with Gasteiger partial charge in [-0.15, -0.1) is 0 Å². The summed E-state index contributed by atoms with van der Waals surface area (Å²) in [6.45, 7) is 1.14. The van der Waals surface area contributed by atoms with Gasteiger partial charge in [-0.25, -0.2) is 23.7 Å². The third-order valence-corrected chi connectivity index (χ3v) is 11.2. The SMILES string of the molecule is CSS[C@@H](C)OC1C[C@H](n2cc(C#CCNC(=O)I)c3c(N)ncnc32)O[C@@H]1COP(=O)(O)OP(=O)(O)OP(=O)(O)O. The predicted molar refractivity (Wildman–Crippen MR) is 160 cm³/mol. The molecule has 1 amide bonds. The Morgan fingerprint density at radius 2 is 2.00 bits per heavy atom. The van der Waals surface area contributed by atoms with E-state index in [9.17, 15) is 28.3 Å². The number of phosphoric ester groups is 1. The van der Waals surface area contributed by atoms with Crippen molar-refractivity contribution >= 4 is 88.4 Å². The molecule has 1 fully saturated rings. The lowest BCUT2D eigenvalue weighted by Gasteiger charge is -2.23. The van der Waals surface area contributed by atoms with E-state index >= 15 is 0 Å². The van der Waals surface area contributed by atoms with Gasteiger partial charge in [-0.2, -0.15) is 8.62 Å². The van der Waals surface area contributed by atoms with Gasteiger partial charge in [0.1, 0.15) is 35.6 Å². The van der Waals surface area contributed by atoms with Crippen LogP contribution in [0.1, 0.15) is 25.1 Å². The molecule has 1 aliphatic heterocycles. The number of amides is 1. The van der Waals surface area contributed by atoms with E-state index in [1.165, 1.54) is 27.9 Å². The molecule has 7 N–H and O–H groups in total. The van der Waals surface area contributed by atoms with Crippen molar-refractivity contribution in [3.63, 3.8) is 0 Å². The van der Waals surface area contributed by atoms with Crippen LogP contribution in [0, 0.1) is 11.8 Å². The number of carbonyl (C=O) groups is 1. The number of rotatable bonds is 13. The first kappa shape index (κ1) is 35.7. The number of anilines is 1. The fourth-order valence-corrected chi connectivity index (χ4v) is 8.34. The van der Waals surface area contributed by atoms with Crippen LogP contribution in [0.2, 0.25) is 0 Å². The molecule has 42 heavy (non-hydrogen) atoms. The van der Waals surface area contributed by atoms with Crippen LogP contribution < -0.4 is 11.1 Å². The Morgan fingerprint density at radius 1 is 1.29 bits per heavy atom. The summed E-state index contributed by atoms with van der Waals surface area (Å²) in [7, 11) is -13.8. The Labute approximate surface area is 260 Å². The molecule has 0 radical (unpaired) electrons. The zero-order valence-corrected chi connectivity index (χ0v) is 28.0. The van der Waals surface area contributed by atoms with Crippen LogP contribution in [0.5, 0.6) is 0 Å². The fourth-order valence-electron chi connectivity index (χ4n) is 3.72. The van der Waals surface area contributed by atoms with Crippen molar-refractivity contribution in [2.24, 2.45) is 0 Å². The minimum Gasteiger partial charge on any atom is -0.383 e. The molecule has 1 saturated heterocycles. The van der Waals surface area contributed by atoms with Gasteiger partial charge in [0.2, 0.25) is 0 Å². The molecule has 0 aliphatic carbocycles. The van der Waals surface area contributed by atoms with E-state index in [0.29, 0.717) is 16.6 Å². The highest BCUT2D eigenvalue weighted by Gasteiger charge is 2.44. The van der Waals surface area contributed by atoms with Gasteiger partial charge in [-0.3, -0.25) is 9.32 Å². The Hall–Kier alpha value is -0.790. The Balaban J connectivity index is 1.86. The second kappa shape index (κ2) is 15.0. The Morgan fingerprint density at radius 3 is 2.64 bits per heavy atom. The topological polar surface area (TPSA) is 264 Å². The van der Waals surface area contributed by atoms with Gasteiger partial charge in [-0.1, -0.05) is 33.4 Å². The summed E-state index contributed by atoms with van der Waals surface area (Å²) < 4.78 is 60.6. The summed E-state index contributed by atoms with van der Waals surface area (Å²) in [6.07, 6.45) is 2.29. The second-order valence-electron chi connectivity index (χ2n) is 8.09. The van der Waals surface area contributed by atoms with Gasteiger partial charge in [0, 0.05) is 35.2 Å². The summed E-state index contributed by atoms with van der Waals surface area (Å²) in [5.41, 5.74) is 6.52. The van der Waals surface area contributed by atoms with Crippen LogP contribution in [0.4, 0.5) is 10.6 Å². The summed E-state index contributed by atoms with van der Waals surface area (Å²) in [4.78, 5) is 56.2. The summed E-state index contributed by atoms with van der Waals surface area (Å²) in [5.74, 6) is 5.86. The van der Waals surface area contributed by atoms with Crippen LogP contribution in [0.25, 0.3) is 11.0 Å². The van der Waals surface area contributed by atoms with Crippen molar-refractivity contribution in [1.29, 1.82) is 0 Å². The van der Waals surface area contributed by atoms with E-state index in [2.05, 4.69) is 35.7 Å². The summed E-state index contributed by atoms with van der Waals surface area (Å²) in [5, 5.41) is 2.97. The summed E-state index contributed by atoms with van der Waals surface area (Å²) in [6, 6.07) is 0. The quantitative estimate of drug-likeness (QED) is 0.0323. The number of nitrogens with one attached hydrogen (secondary N) is 1. The van der Waals surface area contributed by atoms with Gasteiger partial charge in [-0.05, 0) is 13.2 Å². The van der Waals surface area contributed by atoms with Gasteiger partial charge in [0.25, 0.3) is 3.91 Å². The maximum atomic E-state index is 12.3. The number of aromatic nitrogens is 3. The van der Waals surface area contributed by atoms with Gasteiger partial charge < -0.3 is 44.7 Å². The van der Waals surface area contributed by atoms with Crippen LogP contribution in [0.3, 0.4) is 0 Å². The van der Waals surface area contributed by atoms with Crippen molar-refractivity contribution in [1.82, 2.24) is 19.9 Å². The number of halogens is 1. The molecule has 6 atom stereocenters. The van der Waals surface area contributed by atoms with Gasteiger partial charge in [0.05, 0.1) is 30.2 Å². The minimum absolute atomic E-state index is 0.0750. The standard InChI is InChI=1S/C18H25IN5O13P3S2/c1-10(42-41-2)34-12-6-14(35-13(12)8-33-39(29,30)37-40(31,32)36-38(26,27)28)24-7-11(4-3-5-21-18(19)25)15-16(20)22-9-23-17(15)24/h7,9-10,12-14H,5-6,8H2,1-2H3,(H,21,25)(H,29,30)(H,31,32)(H2,20,22,23)(H2,26,27,28)/t10-,12?,13+,14+/m0/s1. The van der Waals surface area contributed by atoms with Crippen molar-refractivity contribution in [2.45, 2.75) is 37.2 Å². The largest absolute Gasteiger partial charge is 0.490 e. The molecule has 0 saturated carbocycles. The van der Waals surface area contributed by atoms with Crippen LogP contribution in [-0.4, -0.2) is 75.1 Å². The van der Waals surface area contributed by atoms with Crippen LogP contribution in [0.15, 0.2) is 12.5 Å². The average molecular weight is 803 g/mol.